The molecule has 0 radical (unpaired) electrons. The molecule has 67 heavy (non-hydrogen) atoms. The van der Waals surface area contributed by atoms with Crippen molar-refractivity contribution in [3.8, 4) is 22.3 Å². The lowest BCUT2D eigenvalue weighted by Gasteiger charge is -2.32. The third-order valence-electron chi connectivity index (χ3n) is 13.1. The Morgan fingerprint density at radius 1 is 0.418 bits per heavy atom. The van der Waals surface area contributed by atoms with Crippen molar-refractivity contribution >= 4 is 77.5 Å². The van der Waals surface area contributed by atoms with Crippen molar-refractivity contribution in [3.05, 3.63) is 247 Å². The number of anilines is 3. The van der Waals surface area contributed by atoms with Crippen LogP contribution in [0.2, 0.25) is 0 Å². The predicted octanol–water partition coefficient (Wildman–Crippen LogP) is 15.8. The van der Waals surface area contributed by atoms with Crippen LogP contribution in [0.5, 0.6) is 0 Å². The van der Waals surface area contributed by atoms with Gasteiger partial charge in [-0.2, -0.15) is 0 Å². The van der Waals surface area contributed by atoms with Crippen LogP contribution in [0.25, 0.3) is 76.9 Å². The van der Waals surface area contributed by atoms with E-state index in [0.29, 0.717) is 0 Å². The smallest absolute Gasteiger partial charge is 0.143 e. The van der Waals surface area contributed by atoms with Gasteiger partial charge in [0.05, 0.1) is 0 Å². The van der Waals surface area contributed by atoms with Crippen LogP contribution in [0.1, 0.15) is 29.0 Å². The Balaban J connectivity index is 0.963. The van der Waals surface area contributed by atoms with Crippen LogP contribution in [-0.2, 0) is 0 Å². The number of nitrogens with one attached hydrogen (secondary N) is 2. The Morgan fingerprint density at radius 3 is 1.90 bits per heavy atom. The molecule has 10 aromatic carbocycles. The van der Waals surface area contributed by atoms with Gasteiger partial charge in [-0.3, -0.25) is 5.32 Å². The first-order valence-corrected chi connectivity index (χ1v) is 22.8. The molecule has 0 aliphatic carbocycles. The monoisotopic (exact) mass is 862 g/mol. The Kier molecular flexibility index (Phi) is 9.29. The van der Waals surface area contributed by atoms with Gasteiger partial charge in [-0.05, 0) is 88.3 Å². The zero-order valence-electron chi connectivity index (χ0n) is 36.3. The first-order chi connectivity index (χ1) is 33.2. The van der Waals surface area contributed by atoms with E-state index in [1.165, 1.54) is 11.1 Å². The molecule has 2 unspecified atom stereocenters. The third kappa shape index (κ3) is 6.82. The van der Waals surface area contributed by atoms with Crippen molar-refractivity contribution in [2.75, 3.05) is 4.90 Å². The molecule has 0 fully saturated rings. The largest absolute Gasteiger partial charge is 0.456 e. The second-order valence-corrected chi connectivity index (χ2v) is 17.2. The van der Waals surface area contributed by atoms with Crippen LogP contribution in [0.15, 0.2) is 244 Å². The van der Waals surface area contributed by atoms with Crippen LogP contribution < -0.4 is 15.5 Å². The molecule has 2 aromatic heterocycles. The SMILES string of the molecule is c1ccc(C2=NC(c3ccc4oc5ccccc5c4c3)NC(c3ccc(-c4cccc(N(c5ccccc5)c5ccc(-c6ccccc6)cc5)c4)c4oc5c6ccccc6ccc5c34)N2)cc1. The molecule has 0 spiro atoms. The summed E-state index contributed by atoms with van der Waals surface area (Å²) in [4.78, 5) is 7.66. The topological polar surface area (TPSA) is 65.9 Å². The van der Waals surface area contributed by atoms with Gasteiger partial charge in [0.25, 0.3) is 0 Å². The maximum absolute atomic E-state index is 7.20. The fourth-order valence-electron chi connectivity index (χ4n) is 9.92. The summed E-state index contributed by atoms with van der Waals surface area (Å²) < 4.78 is 13.4. The summed E-state index contributed by atoms with van der Waals surface area (Å²) in [5, 5.41) is 14.2. The number of hydrogen-bond donors (Lipinski definition) is 2. The summed E-state index contributed by atoms with van der Waals surface area (Å²) in [6.07, 6.45) is -0.701. The van der Waals surface area contributed by atoms with Crippen molar-refractivity contribution in [1.82, 2.24) is 10.6 Å². The Labute approximate surface area is 387 Å². The quantitative estimate of drug-likeness (QED) is 0.159. The van der Waals surface area contributed by atoms with Crippen LogP contribution in [-0.4, -0.2) is 5.84 Å². The van der Waals surface area contributed by atoms with Gasteiger partial charge in [0.2, 0.25) is 0 Å². The number of fused-ring (bicyclic) bond motifs is 8. The highest BCUT2D eigenvalue weighted by Crippen LogP contribution is 2.45. The van der Waals surface area contributed by atoms with Gasteiger partial charge < -0.3 is 19.1 Å². The average molecular weight is 863 g/mol. The number of furan rings is 2. The van der Waals surface area contributed by atoms with Crippen LogP contribution in [0.3, 0.4) is 0 Å². The molecule has 2 N–H and O–H groups in total. The van der Waals surface area contributed by atoms with Gasteiger partial charge >= 0.3 is 0 Å². The molecule has 6 heteroatoms. The van der Waals surface area contributed by atoms with E-state index >= 15 is 0 Å². The molecule has 0 amide bonds. The minimum absolute atomic E-state index is 0.336. The van der Waals surface area contributed by atoms with Crippen molar-refractivity contribution < 1.29 is 8.83 Å². The highest BCUT2D eigenvalue weighted by Gasteiger charge is 2.30. The second kappa shape index (κ2) is 16.1. The van der Waals surface area contributed by atoms with E-state index in [1.807, 2.05) is 18.2 Å². The molecule has 0 saturated carbocycles. The minimum atomic E-state index is -0.365. The third-order valence-corrected chi connectivity index (χ3v) is 13.1. The van der Waals surface area contributed by atoms with Crippen molar-refractivity contribution in [3.63, 3.8) is 0 Å². The zero-order valence-corrected chi connectivity index (χ0v) is 36.3. The molecule has 1 aliphatic rings. The van der Waals surface area contributed by atoms with Crippen LogP contribution in [0, 0.1) is 0 Å². The average Bonchev–Trinajstić information content (AvgIpc) is 3.99. The van der Waals surface area contributed by atoms with Crippen LogP contribution in [0.4, 0.5) is 17.1 Å². The molecular formula is C61H42N4O2. The van der Waals surface area contributed by atoms with Crippen molar-refractivity contribution in [2.24, 2.45) is 4.99 Å². The first-order valence-electron chi connectivity index (χ1n) is 22.8. The maximum atomic E-state index is 7.20. The normalized spacial score (nSPS) is 15.0. The number of para-hydroxylation sites is 2. The number of rotatable bonds is 8. The van der Waals surface area contributed by atoms with E-state index in [-0.39, 0.29) is 12.3 Å². The number of amidine groups is 1. The van der Waals surface area contributed by atoms with Gasteiger partial charge in [-0.15, -0.1) is 0 Å². The minimum Gasteiger partial charge on any atom is -0.456 e. The van der Waals surface area contributed by atoms with E-state index in [1.54, 1.807) is 0 Å². The lowest BCUT2D eigenvalue weighted by atomic mass is 9.95. The molecule has 13 rings (SSSR count). The van der Waals surface area contributed by atoms with Gasteiger partial charge in [0, 0.05) is 60.7 Å². The molecular weight excluding hydrogens is 821 g/mol. The highest BCUT2D eigenvalue weighted by atomic mass is 16.3. The maximum Gasteiger partial charge on any atom is 0.143 e. The van der Waals surface area contributed by atoms with Gasteiger partial charge in [-0.25, -0.2) is 4.99 Å². The molecule has 1 aliphatic heterocycles. The first kappa shape index (κ1) is 38.7. The standard InChI is InChI=1S/C61H42N4O2/c1-4-15-39(16-5-1)40-27-31-46(32-28-40)65(45-21-8-3-9-22-45)47-23-14-20-43(37-47)49-34-35-52(56-51-33-29-41-17-10-11-24-48(41)57(51)67-58(49)56)61-63-59(42-18-6-2-7-19-42)62-60(64-61)44-30-36-55-53(38-44)50-25-12-13-26-54(50)66-55/h1-38,60-61,64H,(H,62,63). The molecule has 3 heterocycles. The van der Waals surface area contributed by atoms with E-state index in [9.17, 15) is 0 Å². The lowest BCUT2D eigenvalue weighted by molar-refractivity contribution is 0.411. The van der Waals surface area contributed by atoms with Gasteiger partial charge in [-0.1, -0.05) is 170 Å². The molecule has 2 atom stereocenters. The molecule has 6 nitrogen and oxygen atoms in total. The van der Waals surface area contributed by atoms with E-state index in [0.717, 1.165) is 105 Å². The predicted molar refractivity (Wildman–Crippen MR) is 275 cm³/mol. The van der Waals surface area contributed by atoms with E-state index < -0.39 is 0 Å². The summed E-state index contributed by atoms with van der Waals surface area (Å²) >= 11 is 0. The van der Waals surface area contributed by atoms with E-state index in [2.05, 4.69) is 228 Å². The molecule has 12 aromatic rings. The molecule has 318 valence electrons. The van der Waals surface area contributed by atoms with Crippen molar-refractivity contribution in [2.45, 2.75) is 12.3 Å². The number of benzene rings is 10. The summed E-state index contributed by atoms with van der Waals surface area (Å²) in [5.41, 5.74) is 14.2. The molecule has 0 bridgehead atoms. The Morgan fingerprint density at radius 2 is 1.07 bits per heavy atom. The fraction of sp³-hybridized carbons (Fsp3) is 0.0328. The van der Waals surface area contributed by atoms with Gasteiger partial charge in [0.15, 0.2) is 0 Å². The number of nitrogens with zero attached hydrogens (tertiary/aromatic N) is 2. The number of hydrogen-bond acceptors (Lipinski definition) is 6. The fourth-order valence-corrected chi connectivity index (χ4v) is 9.92. The number of aliphatic imine (C=N–C) groups is 1. The molecule has 0 saturated heterocycles. The van der Waals surface area contributed by atoms with Gasteiger partial charge in [0.1, 0.15) is 40.5 Å². The second-order valence-electron chi connectivity index (χ2n) is 17.2. The lowest BCUT2D eigenvalue weighted by Crippen LogP contribution is -2.45. The summed E-state index contributed by atoms with van der Waals surface area (Å²) in [6, 6.07) is 81.1. The van der Waals surface area contributed by atoms with E-state index in [4.69, 9.17) is 13.8 Å². The Bertz CT molecular complexity index is 3820. The summed E-state index contributed by atoms with van der Waals surface area (Å²) in [6.45, 7) is 0. The zero-order chi connectivity index (χ0) is 44.3. The summed E-state index contributed by atoms with van der Waals surface area (Å²) in [7, 11) is 0. The highest BCUT2D eigenvalue weighted by molar-refractivity contribution is 6.18. The Hall–Kier alpha value is -8.71. The van der Waals surface area contributed by atoms with Crippen LogP contribution >= 0.6 is 0 Å². The van der Waals surface area contributed by atoms with Crippen molar-refractivity contribution in [1.29, 1.82) is 0 Å². The summed E-state index contributed by atoms with van der Waals surface area (Å²) in [5.74, 6) is 0.812.